The maximum atomic E-state index is 11.0. The summed E-state index contributed by atoms with van der Waals surface area (Å²) in [6.45, 7) is 0. The molecule has 1 unspecified atom stereocenters. The third-order valence-corrected chi connectivity index (χ3v) is 3.29. The number of rotatable bonds is 3. The number of halogens is 1. The zero-order chi connectivity index (χ0) is 10.8. The molecule has 0 radical (unpaired) electrons. The quantitative estimate of drug-likeness (QED) is 0.691. The van der Waals surface area contributed by atoms with E-state index in [1.165, 1.54) is 7.11 Å². The van der Waals surface area contributed by atoms with E-state index in [0.29, 0.717) is 5.75 Å². The Hall–Kier alpha value is -0.720. The Kier molecular flexibility index (Phi) is 3.18. The molecular formula is C8H7IN2O3P+. The Morgan fingerprint density at radius 1 is 1.53 bits per heavy atom. The molecule has 1 aromatic carbocycles. The zero-order valence-corrected chi connectivity index (χ0v) is 10.8. The molecule has 2 rings (SSSR count). The number of nitrogens with one attached hydrogen (secondary N) is 1. The summed E-state index contributed by atoms with van der Waals surface area (Å²) in [4.78, 5) is 0. The van der Waals surface area contributed by atoms with Gasteiger partial charge in [0.25, 0.3) is 0 Å². The molecule has 0 aliphatic heterocycles. The van der Waals surface area contributed by atoms with Crippen LogP contribution in [0.5, 0.6) is 5.75 Å². The summed E-state index contributed by atoms with van der Waals surface area (Å²) in [7, 11) is -0.756. The lowest BCUT2D eigenvalue weighted by atomic mass is 10.2. The predicted octanol–water partition coefficient (Wildman–Crippen LogP) is 2.85. The second-order valence-electron chi connectivity index (χ2n) is 2.71. The van der Waals surface area contributed by atoms with Crippen LogP contribution in [0.15, 0.2) is 18.2 Å². The zero-order valence-electron chi connectivity index (χ0n) is 7.73. The Labute approximate surface area is 100 Å². The summed E-state index contributed by atoms with van der Waals surface area (Å²) < 4.78 is 21.5. The van der Waals surface area contributed by atoms with Gasteiger partial charge in [-0.15, -0.1) is 4.52 Å². The highest BCUT2D eigenvalue weighted by atomic mass is 127. The molecule has 1 aromatic heterocycles. The highest BCUT2D eigenvalue weighted by molar-refractivity contribution is 14.1. The molecule has 2 aromatic rings. The van der Waals surface area contributed by atoms with Gasteiger partial charge in [-0.25, -0.2) is 4.52 Å². The molecule has 0 aliphatic carbocycles. The van der Waals surface area contributed by atoms with Gasteiger partial charge >= 0.3 is 8.25 Å². The number of benzene rings is 1. The van der Waals surface area contributed by atoms with Gasteiger partial charge in [-0.3, -0.25) is 5.10 Å². The number of aromatic nitrogens is 2. The van der Waals surface area contributed by atoms with Crippen LogP contribution in [0.3, 0.4) is 0 Å². The smallest absolute Gasteiger partial charge is 0.271 e. The first-order chi connectivity index (χ1) is 7.20. The largest absolute Gasteiger partial charge is 0.749 e. The van der Waals surface area contributed by atoms with E-state index in [0.717, 1.165) is 14.6 Å². The Morgan fingerprint density at radius 3 is 3.07 bits per heavy atom. The second-order valence-corrected chi connectivity index (χ2v) is 4.79. The number of fused-ring (bicyclic) bond motifs is 1. The van der Waals surface area contributed by atoms with E-state index in [9.17, 15) is 4.57 Å². The standard InChI is InChI=1S/C8H7IN2O3P/c1-13-15(12)14-5-2-3-7-6(4-5)8(9)11-10-7/h2-4H,1H3,(H,10,11)/q+1. The third-order valence-electron chi connectivity index (χ3n) is 1.81. The first kappa shape index (κ1) is 10.8. The first-order valence-corrected chi connectivity index (χ1v) is 6.21. The Bertz CT molecular complexity index is 514. The molecular weight excluding hydrogens is 330 g/mol. The minimum absolute atomic E-state index is 0.504. The van der Waals surface area contributed by atoms with E-state index in [-0.39, 0.29) is 0 Å². The lowest BCUT2D eigenvalue weighted by molar-refractivity contribution is 0.349. The molecule has 15 heavy (non-hydrogen) atoms. The minimum Gasteiger partial charge on any atom is -0.271 e. The van der Waals surface area contributed by atoms with Crippen LogP contribution in [-0.4, -0.2) is 17.3 Å². The second kappa shape index (κ2) is 4.42. The number of hydrogen-bond donors (Lipinski definition) is 1. The van der Waals surface area contributed by atoms with Crippen molar-refractivity contribution in [1.82, 2.24) is 10.2 Å². The van der Waals surface area contributed by atoms with Crippen molar-refractivity contribution in [2.24, 2.45) is 0 Å². The molecule has 7 heteroatoms. The summed E-state index contributed by atoms with van der Waals surface area (Å²) >= 11 is 2.14. The third kappa shape index (κ3) is 2.27. The normalized spacial score (nSPS) is 11.7. The van der Waals surface area contributed by atoms with Crippen LogP contribution in [0.1, 0.15) is 0 Å². The summed E-state index contributed by atoms with van der Waals surface area (Å²) in [5.74, 6) is 0.504. The fraction of sp³-hybridized carbons (Fsp3) is 0.125. The van der Waals surface area contributed by atoms with Gasteiger partial charge in [0.05, 0.1) is 12.6 Å². The lowest BCUT2D eigenvalue weighted by Gasteiger charge is -1.92. The summed E-state index contributed by atoms with van der Waals surface area (Å²) in [6.07, 6.45) is 0. The molecule has 1 atom stereocenters. The average Bonchev–Trinajstić information content (AvgIpc) is 2.60. The molecule has 5 nitrogen and oxygen atoms in total. The fourth-order valence-electron chi connectivity index (χ4n) is 1.14. The number of hydrogen-bond acceptors (Lipinski definition) is 4. The Morgan fingerprint density at radius 2 is 2.33 bits per heavy atom. The van der Waals surface area contributed by atoms with Crippen LogP contribution < -0.4 is 4.52 Å². The van der Waals surface area contributed by atoms with Gasteiger partial charge in [0, 0.05) is 9.95 Å². The van der Waals surface area contributed by atoms with E-state index in [4.69, 9.17) is 4.52 Å². The molecule has 0 saturated heterocycles. The van der Waals surface area contributed by atoms with Gasteiger partial charge in [-0.1, -0.05) is 0 Å². The van der Waals surface area contributed by atoms with Crippen molar-refractivity contribution < 1.29 is 13.6 Å². The number of aromatic amines is 1. The summed E-state index contributed by atoms with van der Waals surface area (Å²) in [5.41, 5.74) is 0.847. The van der Waals surface area contributed by atoms with Gasteiger partial charge in [0.2, 0.25) is 0 Å². The van der Waals surface area contributed by atoms with Crippen LogP contribution >= 0.6 is 30.8 Å². The first-order valence-electron chi connectivity index (χ1n) is 4.03. The van der Waals surface area contributed by atoms with Crippen LogP contribution in [-0.2, 0) is 9.09 Å². The molecule has 1 heterocycles. The van der Waals surface area contributed by atoms with Crippen molar-refractivity contribution in [2.75, 3.05) is 7.11 Å². The minimum atomic E-state index is -2.09. The Balaban J connectivity index is 2.37. The highest BCUT2D eigenvalue weighted by Crippen LogP contribution is 2.30. The van der Waals surface area contributed by atoms with Crippen molar-refractivity contribution in [1.29, 1.82) is 0 Å². The molecule has 0 aliphatic rings. The molecule has 78 valence electrons. The highest BCUT2D eigenvalue weighted by Gasteiger charge is 2.19. The van der Waals surface area contributed by atoms with E-state index in [1.54, 1.807) is 18.2 Å². The lowest BCUT2D eigenvalue weighted by Crippen LogP contribution is -1.82. The maximum Gasteiger partial charge on any atom is 0.749 e. The van der Waals surface area contributed by atoms with Crippen LogP contribution in [0.25, 0.3) is 10.9 Å². The van der Waals surface area contributed by atoms with Crippen LogP contribution in [0.4, 0.5) is 0 Å². The molecule has 0 amide bonds. The van der Waals surface area contributed by atoms with Crippen molar-refractivity contribution in [3.8, 4) is 5.75 Å². The summed E-state index contributed by atoms with van der Waals surface area (Å²) in [5, 5.41) is 7.85. The van der Waals surface area contributed by atoms with E-state index in [1.807, 2.05) is 0 Å². The van der Waals surface area contributed by atoms with Gasteiger partial charge in [0.15, 0.2) is 5.75 Å². The van der Waals surface area contributed by atoms with Crippen molar-refractivity contribution in [2.45, 2.75) is 0 Å². The predicted molar refractivity (Wildman–Crippen MR) is 64.1 cm³/mol. The monoisotopic (exact) mass is 337 g/mol. The number of nitrogens with zero attached hydrogens (tertiary/aromatic N) is 1. The van der Waals surface area contributed by atoms with Crippen molar-refractivity contribution in [3.63, 3.8) is 0 Å². The van der Waals surface area contributed by atoms with Crippen LogP contribution in [0, 0.1) is 3.70 Å². The molecule has 1 N–H and O–H groups in total. The van der Waals surface area contributed by atoms with E-state index < -0.39 is 8.25 Å². The van der Waals surface area contributed by atoms with Crippen LogP contribution in [0.2, 0.25) is 0 Å². The summed E-state index contributed by atoms with van der Waals surface area (Å²) in [6, 6.07) is 5.26. The van der Waals surface area contributed by atoms with Gasteiger partial charge in [-0.2, -0.15) is 5.10 Å². The van der Waals surface area contributed by atoms with E-state index in [2.05, 4.69) is 37.3 Å². The van der Waals surface area contributed by atoms with Gasteiger partial charge in [-0.05, 0) is 40.8 Å². The van der Waals surface area contributed by atoms with Gasteiger partial charge in [0.1, 0.15) is 3.70 Å². The molecule has 0 fully saturated rings. The number of H-pyrrole nitrogens is 1. The van der Waals surface area contributed by atoms with Crippen molar-refractivity contribution >= 4 is 41.7 Å². The molecule has 0 spiro atoms. The topological polar surface area (TPSA) is 64.2 Å². The van der Waals surface area contributed by atoms with Crippen molar-refractivity contribution in [3.05, 3.63) is 21.9 Å². The fourth-order valence-corrected chi connectivity index (χ4v) is 2.05. The maximum absolute atomic E-state index is 11.0. The average molecular weight is 337 g/mol. The molecule has 0 saturated carbocycles. The van der Waals surface area contributed by atoms with Gasteiger partial charge < -0.3 is 0 Å². The van der Waals surface area contributed by atoms with E-state index >= 15 is 0 Å². The molecule has 0 bridgehead atoms. The SMILES string of the molecule is CO[P+](=O)Oc1ccc2n[nH]c(I)c2c1.